The molecule has 1 fully saturated rings. The van der Waals surface area contributed by atoms with Crippen LogP contribution in [0, 0.1) is 0 Å². The van der Waals surface area contributed by atoms with Crippen LogP contribution in [0.2, 0.25) is 0 Å². The number of fused-ring (bicyclic) bond motifs is 1. The second-order valence-electron chi connectivity index (χ2n) is 5.38. The molecule has 1 saturated carbocycles. The molecular weight excluding hydrogens is 222 g/mol. The van der Waals surface area contributed by atoms with Gasteiger partial charge < -0.3 is 10.3 Å². The number of nitrogens with zero attached hydrogens (tertiary/aromatic N) is 2. The summed E-state index contributed by atoms with van der Waals surface area (Å²) in [5, 5.41) is 0. The Morgan fingerprint density at radius 3 is 2.89 bits per heavy atom. The molecule has 0 unspecified atom stereocenters. The molecule has 0 amide bonds. The van der Waals surface area contributed by atoms with Crippen molar-refractivity contribution in [1.82, 2.24) is 9.55 Å². The number of aryl methyl sites for hydroxylation is 1. The smallest absolute Gasteiger partial charge is 0.113 e. The molecular formula is C15H21N3. The van der Waals surface area contributed by atoms with E-state index >= 15 is 0 Å². The predicted molar refractivity (Wildman–Crippen MR) is 74.6 cm³/mol. The Labute approximate surface area is 108 Å². The molecule has 1 aliphatic carbocycles. The van der Waals surface area contributed by atoms with Gasteiger partial charge in [-0.3, -0.25) is 0 Å². The molecule has 0 bridgehead atoms. The maximum atomic E-state index is 6.04. The van der Waals surface area contributed by atoms with Crippen molar-refractivity contribution in [2.24, 2.45) is 5.73 Å². The third kappa shape index (κ3) is 1.93. The van der Waals surface area contributed by atoms with Crippen LogP contribution in [0.4, 0.5) is 0 Å². The van der Waals surface area contributed by atoms with Crippen LogP contribution >= 0.6 is 0 Å². The molecule has 2 N–H and O–H groups in total. The van der Waals surface area contributed by atoms with Gasteiger partial charge in [0.05, 0.1) is 11.0 Å². The number of hydrogen-bond donors (Lipinski definition) is 1. The zero-order chi connectivity index (χ0) is 12.5. The predicted octanol–water partition coefficient (Wildman–Crippen LogP) is 3.04. The first-order valence-electron chi connectivity index (χ1n) is 7.00. The van der Waals surface area contributed by atoms with Crippen molar-refractivity contribution >= 4 is 11.0 Å². The van der Waals surface area contributed by atoms with Crippen LogP contribution in [-0.4, -0.2) is 15.6 Å². The average Bonchev–Trinajstić information content (AvgIpc) is 2.95. The van der Waals surface area contributed by atoms with E-state index in [-0.39, 0.29) is 0 Å². The average molecular weight is 243 g/mol. The molecule has 1 aromatic heterocycles. The first-order valence-corrected chi connectivity index (χ1v) is 7.00. The monoisotopic (exact) mass is 243 g/mol. The number of hydrogen-bond acceptors (Lipinski definition) is 2. The summed E-state index contributed by atoms with van der Waals surface area (Å²) in [6.45, 7) is 3.28. The maximum absolute atomic E-state index is 6.04. The van der Waals surface area contributed by atoms with Crippen LogP contribution in [0.5, 0.6) is 0 Å². The minimum Gasteiger partial charge on any atom is -0.328 e. The summed E-state index contributed by atoms with van der Waals surface area (Å²) in [5.74, 6) is 1.81. The number of rotatable bonds is 3. The summed E-state index contributed by atoms with van der Waals surface area (Å²) in [7, 11) is 0. The lowest BCUT2D eigenvalue weighted by atomic mass is 10.1. The van der Waals surface area contributed by atoms with Gasteiger partial charge in [-0.1, -0.05) is 19.1 Å². The van der Waals surface area contributed by atoms with Gasteiger partial charge in [0.1, 0.15) is 5.82 Å². The minimum absolute atomic E-state index is 0.366. The summed E-state index contributed by atoms with van der Waals surface area (Å²) < 4.78 is 2.40. The van der Waals surface area contributed by atoms with Crippen molar-refractivity contribution in [2.75, 3.05) is 0 Å². The van der Waals surface area contributed by atoms with Crippen molar-refractivity contribution in [1.29, 1.82) is 0 Å². The third-order valence-electron chi connectivity index (χ3n) is 3.97. The Morgan fingerprint density at radius 1 is 1.33 bits per heavy atom. The molecule has 2 aromatic rings. The second kappa shape index (κ2) is 4.73. The van der Waals surface area contributed by atoms with Crippen LogP contribution < -0.4 is 5.73 Å². The summed E-state index contributed by atoms with van der Waals surface area (Å²) in [6, 6.07) is 8.82. The van der Waals surface area contributed by atoms with Gasteiger partial charge in [0, 0.05) is 18.5 Å². The second-order valence-corrected chi connectivity index (χ2v) is 5.38. The molecule has 3 rings (SSSR count). The molecule has 1 aromatic carbocycles. The Morgan fingerprint density at radius 2 is 2.17 bits per heavy atom. The van der Waals surface area contributed by atoms with E-state index in [9.17, 15) is 0 Å². The summed E-state index contributed by atoms with van der Waals surface area (Å²) in [4.78, 5) is 4.86. The van der Waals surface area contributed by atoms with Gasteiger partial charge >= 0.3 is 0 Å². The number of para-hydroxylation sites is 2. The van der Waals surface area contributed by atoms with Crippen molar-refractivity contribution in [3.63, 3.8) is 0 Å². The lowest BCUT2D eigenvalue weighted by Crippen LogP contribution is -2.15. The summed E-state index contributed by atoms with van der Waals surface area (Å²) >= 11 is 0. The zero-order valence-corrected chi connectivity index (χ0v) is 11.0. The highest BCUT2D eigenvalue weighted by atomic mass is 15.1. The number of imidazole rings is 1. The first-order chi connectivity index (χ1) is 8.79. The van der Waals surface area contributed by atoms with Gasteiger partial charge in [0.15, 0.2) is 0 Å². The topological polar surface area (TPSA) is 43.8 Å². The molecule has 0 spiro atoms. The quantitative estimate of drug-likeness (QED) is 0.900. The highest BCUT2D eigenvalue weighted by Gasteiger charge is 2.27. The number of benzene rings is 1. The lowest BCUT2D eigenvalue weighted by molar-refractivity contribution is 0.577. The molecule has 3 heteroatoms. The van der Waals surface area contributed by atoms with Crippen LogP contribution in [0.3, 0.4) is 0 Å². The Kier molecular flexibility index (Phi) is 3.08. The standard InChI is InChI=1S/C15H21N3/c1-2-9-18-14-6-4-3-5-13(14)17-15(18)11-7-8-12(16)10-11/h3-6,11-12H,2,7-10,16H2,1H3/t11-,12+/m1/s1. The third-order valence-corrected chi connectivity index (χ3v) is 3.97. The van der Waals surface area contributed by atoms with E-state index in [0.717, 1.165) is 31.3 Å². The van der Waals surface area contributed by atoms with Crippen molar-refractivity contribution in [3.05, 3.63) is 30.1 Å². The maximum Gasteiger partial charge on any atom is 0.113 e. The highest BCUT2D eigenvalue weighted by Crippen LogP contribution is 2.34. The van der Waals surface area contributed by atoms with Crippen LogP contribution in [0.1, 0.15) is 44.3 Å². The van der Waals surface area contributed by atoms with E-state index in [0.29, 0.717) is 12.0 Å². The molecule has 0 saturated heterocycles. The van der Waals surface area contributed by atoms with Crippen LogP contribution in [0.15, 0.2) is 24.3 Å². The minimum atomic E-state index is 0.366. The van der Waals surface area contributed by atoms with E-state index in [4.69, 9.17) is 10.7 Å². The molecule has 1 aliphatic rings. The molecule has 18 heavy (non-hydrogen) atoms. The number of aromatic nitrogens is 2. The van der Waals surface area contributed by atoms with Crippen molar-refractivity contribution in [3.8, 4) is 0 Å². The van der Waals surface area contributed by atoms with Gasteiger partial charge in [-0.15, -0.1) is 0 Å². The Bertz CT molecular complexity index is 544. The SMILES string of the molecule is CCCn1c([C@@H]2CC[C@H](N)C2)nc2ccccc21. The van der Waals surface area contributed by atoms with E-state index in [1.807, 2.05) is 0 Å². The first kappa shape index (κ1) is 11.7. The van der Waals surface area contributed by atoms with Gasteiger partial charge in [-0.25, -0.2) is 4.98 Å². The van der Waals surface area contributed by atoms with Crippen LogP contribution in [0.25, 0.3) is 11.0 Å². The molecule has 0 radical (unpaired) electrons. The Balaban J connectivity index is 2.06. The summed E-state index contributed by atoms with van der Waals surface area (Å²) in [6.07, 6.45) is 4.56. The Hall–Kier alpha value is -1.35. The highest BCUT2D eigenvalue weighted by molar-refractivity contribution is 5.76. The van der Waals surface area contributed by atoms with Gasteiger partial charge in [0.25, 0.3) is 0 Å². The fourth-order valence-corrected chi connectivity index (χ4v) is 3.12. The van der Waals surface area contributed by atoms with E-state index in [2.05, 4.69) is 35.8 Å². The van der Waals surface area contributed by atoms with Crippen LogP contribution in [-0.2, 0) is 6.54 Å². The van der Waals surface area contributed by atoms with Crippen molar-refractivity contribution in [2.45, 2.75) is 51.1 Å². The molecule has 1 heterocycles. The molecule has 3 nitrogen and oxygen atoms in total. The fraction of sp³-hybridized carbons (Fsp3) is 0.533. The van der Waals surface area contributed by atoms with Crippen molar-refractivity contribution < 1.29 is 0 Å². The number of nitrogens with two attached hydrogens (primary N) is 1. The van der Waals surface area contributed by atoms with E-state index in [1.54, 1.807) is 0 Å². The normalized spacial score (nSPS) is 23.9. The van der Waals surface area contributed by atoms with E-state index < -0.39 is 0 Å². The largest absolute Gasteiger partial charge is 0.328 e. The van der Waals surface area contributed by atoms with Gasteiger partial charge in [-0.2, -0.15) is 0 Å². The fourth-order valence-electron chi connectivity index (χ4n) is 3.12. The summed E-state index contributed by atoms with van der Waals surface area (Å²) in [5.41, 5.74) is 8.44. The van der Waals surface area contributed by atoms with E-state index in [1.165, 1.54) is 17.8 Å². The van der Waals surface area contributed by atoms with Gasteiger partial charge in [0.2, 0.25) is 0 Å². The lowest BCUT2D eigenvalue weighted by Gasteiger charge is -2.13. The zero-order valence-electron chi connectivity index (χ0n) is 11.0. The molecule has 2 atom stereocenters. The van der Waals surface area contributed by atoms with Gasteiger partial charge in [-0.05, 0) is 37.8 Å². The molecule has 96 valence electrons. The molecule has 0 aliphatic heterocycles.